The van der Waals surface area contributed by atoms with E-state index in [1.54, 1.807) is 0 Å². The second kappa shape index (κ2) is 9.95. The van der Waals surface area contributed by atoms with Crippen LogP contribution in [0.2, 0.25) is 0 Å². The summed E-state index contributed by atoms with van der Waals surface area (Å²) in [5, 5.41) is 0. The van der Waals surface area contributed by atoms with Crippen molar-refractivity contribution in [3.05, 3.63) is 29.8 Å². The van der Waals surface area contributed by atoms with E-state index >= 15 is 0 Å². The summed E-state index contributed by atoms with van der Waals surface area (Å²) in [4.78, 5) is 0. The topological polar surface area (TPSA) is 18.5 Å². The van der Waals surface area contributed by atoms with Gasteiger partial charge in [-0.25, -0.2) is 0 Å². The van der Waals surface area contributed by atoms with E-state index < -0.39 is 0 Å². The van der Waals surface area contributed by atoms with Gasteiger partial charge in [0, 0.05) is 6.61 Å². The predicted octanol–water partition coefficient (Wildman–Crippen LogP) is 4.22. The van der Waals surface area contributed by atoms with Crippen LogP contribution in [-0.4, -0.2) is 19.8 Å². The lowest BCUT2D eigenvalue weighted by atomic mass is 10.1. The lowest BCUT2D eigenvalue weighted by molar-refractivity contribution is 0.110. The Hall–Kier alpha value is -1.02. The van der Waals surface area contributed by atoms with Gasteiger partial charge in [0.1, 0.15) is 12.4 Å². The van der Waals surface area contributed by atoms with Crippen molar-refractivity contribution in [2.45, 2.75) is 46.0 Å². The second-order valence-electron chi connectivity index (χ2n) is 4.50. The monoisotopic (exact) mass is 250 g/mol. The van der Waals surface area contributed by atoms with Crippen molar-refractivity contribution < 1.29 is 9.47 Å². The number of hydrogen-bond acceptors (Lipinski definition) is 2. The fourth-order valence-electron chi connectivity index (χ4n) is 1.87. The fraction of sp³-hybridized carbons (Fsp3) is 0.625. The van der Waals surface area contributed by atoms with Crippen LogP contribution in [0.15, 0.2) is 24.3 Å². The van der Waals surface area contributed by atoms with E-state index in [4.69, 9.17) is 9.47 Å². The maximum absolute atomic E-state index is 5.58. The standard InChI is InChI=1S/C16H26O2/c1-3-5-6-7-8-15-9-11-16(12-10-15)18-14-13-17-4-2/h9-12H,3-8,13-14H2,1-2H3. The Morgan fingerprint density at radius 1 is 0.889 bits per heavy atom. The van der Waals surface area contributed by atoms with Crippen molar-refractivity contribution in [3.63, 3.8) is 0 Å². The highest BCUT2D eigenvalue weighted by atomic mass is 16.5. The normalized spacial score (nSPS) is 10.6. The lowest BCUT2D eigenvalue weighted by Crippen LogP contribution is -2.06. The minimum absolute atomic E-state index is 0.629. The summed E-state index contributed by atoms with van der Waals surface area (Å²) in [6.07, 6.45) is 6.45. The van der Waals surface area contributed by atoms with Crippen LogP contribution in [0.25, 0.3) is 0 Å². The Morgan fingerprint density at radius 3 is 2.33 bits per heavy atom. The first-order valence-corrected chi connectivity index (χ1v) is 7.16. The van der Waals surface area contributed by atoms with Crippen LogP contribution in [-0.2, 0) is 11.2 Å². The molecule has 1 aromatic carbocycles. The maximum atomic E-state index is 5.58. The average Bonchev–Trinajstić information content (AvgIpc) is 2.41. The third-order valence-electron chi connectivity index (χ3n) is 2.94. The highest BCUT2D eigenvalue weighted by Gasteiger charge is 1.96. The van der Waals surface area contributed by atoms with Crippen LogP contribution < -0.4 is 4.74 Å². The molecule has 0 amide bonds. The number of benzene rings is 1. The molecule has 1 aromatic rings. The zero-order chi connectivity index (χ0) is 13.1. The smallest absolute Gasteiger partial charge is 0.119 e. The van der Waals surface area contributed by atoms with E-state index in [0.717, 1.165) is 12.4 Å². The van der Waals surface area contributed by atoms with E-state index in [-0.39, 0.29) is 0 Å². The zero-order valence-electron chi connectivity index (χ0n) is 11.8. The molecule has 0 aromatic heterocycles. The average molecular weight is 250 g/mol. The molecule has 102 valence electrons. The van der Waals surface area contributed by atoms with Crippen LogP contribution in [0.4, 0.5) is 0 Å². The van der Waals surface area contributed by atoms with Crippen molar-refractivity contribution in [1.29, 1.82) is 0 Å². The molecular weight excluding hydrogens is 224 g/mol. The summed E-state index contributed by atoms with van der Waals surface area (Å²) in [6.45, 7) is 6.28. The maximum Gasteiger partial charge on any atom is 0.119 e. The largest absolute Gasteiger partial charge is 0.491 e. The van der Waals surface area contributed by atoms with Crippen molar-refractivity contribution in [2.24, 2.45) is 0 Å². The van der Waals surface area contributed by atoms with Gasteiger partial charge in [0.05, 0.1) is 6.61 Å². The van der Waals surface area contributed by atoms with Crippen LogP contribution in [0.3, 0.4) is 0 Å². The van der Waals surface area contributed by atoms with Gasteiger partial charge < -0.3 is 9.47 Å². The first-order valence-electron chi connectivity index (χ1n) is 7.16. The first-order chi connectivity index (χ1) is 8.86. The van der Waals surface area contributed by atoms with E-state index in [0.29, 0.717) is 13.2 Å². The molecule has 0 spiro atoms. The SMILES string of the molecule is CCCCCCc1ccc(OCCOCC)cc1. The summed E-state index contributed by atoms with van der Waals surface area (Å²) in [5.41, 5.74) is 1.41. The molecule has 0 saturated heterocycles. The minimum Gasteiger partial charge on any atom is -0.491 e. The van der Waals surface area contributed by atoms with Gasteiger partial charge in [-0.2, -0.15) is 0 Å². The first kappa shape index (κ1) is 15.0. The van der Waals surface area contributed by atoms with Crippen molar-refractivity contribution in [3.8, 4) is 5.75 Å². The van der Waals surface area contributed by atoms with Gasteiger partial charge in [-0.3, -0.25) is 0 Å². The summed E-state index contributed by atoms with van der Waals surface area (Å²) >= 11 is 0. The molecule has 2 nitrogen and oxygen atoms in total. The predicted molar refractivity (Wildman–Crippen MR) is 76.3 cm³/mol. The number of ether oxygens (including phenoxy) is 2. The lowest BCUT2D eigenvalue weighted by Gasteiger charge is -2.07. The van der Waals surface area contributed by atoms with Gasteiger partial charge in [0.25, 0.3) is 0 Å². The van der Waals surface area contributed by atoms with Crippen LogP contribution in [0.1, 0.15) is 45.1 Å². The molecule has 0 unspecified atom stereocenters. The summed E-state index contributed by atoms with van der Waals surface area (Å²) in [6, 6.07) is 8.45. The second-order valence-corrected chi connectivity index (χ2v) is 4.50. The molecular formula is C16H26O2. The zero-order valence-corrected chi connectivity index (χ0v) is 11.8. The molecule has 0 aliphatic carbocycles. The third-order valence-corrected chi connectivity index (χ3v) is 2.94. The van der Waals surface area contributed by atoms with E-state index in [2.05, 4.69) is 31.2 Å². The Balaban J connectivity index is 2.20. The Bertz CT molecular complexity index is 261. The molecule has 0 saturated carbocycles. The summed E-state index contributed by atoms with van der Waals surface area (Å²) in [5.74, 6) is 0.937. The van der Waals surface area contributed by atoms with Crippen LogP contribution in [0.5, 0.6) is 5.75 Å². The molecule has 0 aliphatic heterocycles. The quantitative estimate of drug-likeness (QED) is 0.579. The van der Waals surface area contributed by atoms with Gasteiger partial charge in [0.15, 0.2) is 0 Å². The fourth-order valence-corrected chi connectivity index (χ4v) is 1.87. The van der Waals surface area contributed by atoms with Gasteiger partial charge in [-0.05, 0) is 37.5 Å². The summed E-state index contributed by atoms with van der Waals surface area (Å²) < 4.78 is 10.8. The molecule has 0 atom stereocenters. The van der Waals surface area contributed by atoms with E-state index in [1.165, 1.54) is 37.7 Å². The molecule has 0 radical (unpaired) electrons. The molecule has 0 N–H and O–H groups in total. The van der Waals surface area contributed by atoms with Crippen LogP contribution >= 0.6 is 0 Å². The molecule has 0 heterocycles. The van der Waals surface area contributed by atoms with Crippen molar-refractivity contribution in [2.75, 3.05) is 19.8 Å². The van der Waals surface area contributed by atoms with Crippen LogP contribution in [0, 0.1) is 0 Å². The number of unbranched alkanes of at least 4 members (excludes halogenated alkanes) is 3. The number of rotatable bonds is 10. The highest BCUT2D eigenvalue weighted by Crippen LogP contribution is 2.14. The number of aryl methyl sites for hydroxylation is 1. The minimum atomic E-state index is 0.629. The molecule has 1 rings (SSSR count). The van der Waals surface area contributed by atoms with Gasteiger partial charge >= 0.3 is 0 Å². The molecule has 0 bridgehead atoms. The molecule has 2 heteroatoms. The Kier molecular flexibility index (Phi) is 8.32. The van der Waals surface area contributed by atoms with E-state index in [1.807, 2.05) is 6.92 Å². The Labute approximate surface area is 111 Å². The van der Waals surface area contributed by atoms with Gasteiger partial charge in [-0.15, -0.1) is 0 Å². The molecule has 0 fully saturated rings. The number of hydrogen-bond donors (Lipinski definition) is 0. The Morgan fingerprint density at radius 2 is 1.67 bits per heavy atom. The van der Waals surface area contributed by atoms with Gasteiger partial charge in [-0.1, -0.05) is 38.3 Å². The third kappa shape index (κ3) is 6.65. The van der Waals surface area contributed by atoms with Gasteiger partial charge in [0.2, 0.25) is 0 Å². The highest BCUT2D eigenvalue weighted by molar-refractivity contribution is 5.27. The van der Waals surface area contributed by atoms with Crippen molar-refractivity contribution >= 4 is 0 Å². The van der Waals surface area contributed by atoms with Crippen molar-refractivity contribution in [1.82, 2.24) is 0 Å². The van der Waals surface area contributed by atoms with E-state index in [9.17, 15) is 0 Å². The molecule has 0 aliphatic rings. The summed E-state index contributed by atoms with van der Waals surface area (Å²) in [7, 11) is 0. The molecule has 18 heavy (non-hydrogen) atoms.